The van der Waals surface area contributed by atoms with E-state index in [0.29, 0.717) is 13.0 Å². The number of para-hydroxylation sites is 1. The highest BCUT2D eigenvalue weighted by molar-refractivity contribution is 5.96. The van der Waals surface area contributed by atoms with Crippen LogP contribution in [-0.2, 0) is 16.0 Å². The Balaban J connectivity index is 1.75. The van der Waals surface area contributed by atoms with Gasteiger partial charge in [-0.3, -0.25) is 14.5 Å². The third-order valence-corrected chi connectivity index (χ3v) is 4.51. The Morgan fingerprint density at radius 3 is 2.90 bits per heavy atom. The van der Waals surface area contributed by atoms with Gasteiger partial charge < -0.3 is 10.4 Å². The van der Waals surface area contributed by atoms with E-state index < -0.39 is 5.97 Å². The number of carboxylic acids is 1. The number of piperidine rings is 1. The first kappa shape index (κ1) is 14.1. The van der Waals surface area contributed by atoms with Crippen LogP contribution in [0.4, 0.5) is 5.69 Å². The van der Waals surface area contributed by atoms with E-state index in [9.17, 15) is 14.7 Å². The molecule has 3 rings (SSSR count). The quantitative estimate of drug-likeness (QED) is 0.869. The number of carboxylic acid groups (broad SMARTS) is 1. The van der Waals surface area contributed by atoms with Gasteiger partial charge >= 0.3 is 5.97 Å². The van der Waals surface area contributed by atoms with Gasteiger partial charge in [-0.1, -0.05) is 18.2 Å². The van der Waals surface area contributed by atoms with Crippen molar-refractivity contribution in [1.29, 1.82) is 0 Å². The number of benzene rings is 1. The number of likely N-dealkylation sites (tertiary alicyclic amines) is 1. The molecule has 0 saturated carbocycles. The van der Waals surface area contributed by atoms with Crippen molar-refractivity contribution in [3.63, 3.8) is 0 Å². The SMILES string of the molecule is O=C(O)C1CCCN(C2CCc3ccccc3NC2=O)C1. The van der Waals surface area contributed by atoms with Gasteiger partial charge in [-0.25, -0.2) is 0 Å². The predicted octanol–water partition coefficient (Wildman–Crippen LogP) is 1.74. The Bertz CT molecular complexity index is 558. The first-order chi connectivity index (χ1) is 10.1. The molecule has 2 unspecified atom stereocenters. The van der Waals surface area contributed by atoms with E-state index in [1.807, 2.05) is 29.2 Å². The van der Waals surface area contributed by atoms with Gasteiger partial charge in [-0.15, -0.1) is 0 Å². The molecule has 5 heteroatoms. The average Bonchev–Trinajstić information content (AvgIpc) is 2.65. The summed E-state index contributed by atoms with van der Waals surface area (Å²) >= 11 is 0. The Kier molecular flexibility index (Phi) is 3.92. The fraction of sp³-hybridized carbons (Fsp3) is 0.500. The highest BCUT2D eigenvalue weighted by Gasteiger charge is 2.34. The average molecular weight is 288 g/mol. The molecule has 2 aliphatic heterocycles. The molecular formula is C16H20N2O3. The molecule has 0 aliphatic carbocycles. The maximum Gasteiger partial charge on any atom is 0.307 e. The number of hydrogen-bond acceptors (Lipinski definition) is 3. The summed E-state index contributed by atoms with van der Waals surface area (Å²) in [6, 6.07) is 7.63. The lowest BCUT2D eigenvalue weighted by atomic mass is 9.95. The van der Waals surface area contributed by atoms with Crippen molar-refractivity contribution < 1.29 is 14.7 Å². The Hall–Kier alpha value is -1.88. The number of amides is 1. The number of rotatable bonds is 2. The van der Waals surface area contributed by atoms with Crippen molar-refractivity contribution in [2.75, 3.05) is 18.4 Å². The lowest BCUT2D eigenvalue weighted by molar-refractivity contribution is -0.144. The molecule has 2 N–H and O–H groups in total. The molecule has 112 valence electrons. The van der Waals surface area contributed by atoms with Gasteiger partial charge in [-0.2, -0.15) is 0 Å². The number of carbonyl (C=O) groups is 2. The first-order valence-electron chi connectivity index (χ1n) is 7.51. The Labute approximate surface area is 123 Å². The molecule has 5 nitrogen and oxygen atoms in total. The third kappa shape index (κ3) is 2.93. The van der Waals surface area contributed by atoms with E-state index in [0.717, 1.165) is 37.1 Å². The maximum atomic E-state index is 12.5. The van der Waals surface area contributed by atoms with Crippen LogP contribution < -0.4 is 5.32 Å². The number of nitrogens with zero attached hydrogens (tertiary/aromatic N) is 1. The van der Waals surface area contributed by atoms with Crippen LogP contribution in [0.1, 0.15) is 24.8 Å². The third-order valence-electron chi connectivity index (χ3n) is 4.51. The molecule has 2 aliphatic rings. The van der Waals surface area contributed by atoms with Gasteiger partial charge in [0.15, 0.2) is 0 Å². The summed E-state index contributed by atoms with van der Waals surface area (Å²) < 4.78 is 0. The second-order valence-electron chi connectivity index (χ2n) is 5.87. The van der Waals surface area contributed by atoms with Crippen LogP contribution in [0.2, 0.25) is 0 Å². The number of fused-ring (bicyclic) bond motifs is 1. The lowest BCUT2D eigenvalue weighted by Crippen LogP contribution is -2.49. The predicted molar refractivity (Wildman–Crippen MR) is 79.1 cm³/mol. The van der Waals surface area contributed by atoms with Gasteiger partial charge in [0.05, 0.1) is 12.0 Å². The maximum absolute atomic E-state index is 12.5. The molecule has 21 heavy (non-hydrogen) atoms. The van der Waals surface area contributed by atoms with Crippen LogP contribution in [0.15, 0.2) is 24.3 Å². The molecule has 1 saturated heterocycles. The monoisotopic (exact) mass is 288 g/mol. The first-order valence-corrected chi connectivity index (χ1v) is 7.51. The zero-order chi connectivity index (χ0) is 14.8. The standard InChI is InChI=1S/C16H20N2O3/c19-15-14(18-9-3-5-12(10-18)16(20)21)8-7-11-4-1-2-6-13(11)17-15/h1-2,4,6,12,14H,3,5,7-10H2,(H,17,19)(H,20,21). The van der Waals surface area contributed by atoms with E-state index in [4.69, 9.17) is 0 Å². The van der Waals surface area contributed by atoms with Gasteiger partial charge in [0.25, 0.3) is 0 Å². The van der Waals surface area contributed by atoms with Gasteiger partial charge in [-0.05, 0) is 43.9 Å². The molecule has 2 heterocycles. The smallest absolute Gasteiger partial charge is 0.307 e. The van der Waals surface area contributed by atoms with Gasteiger partial charge in [0.2, 0.25) is 5.91 Å². The molecule has 0 aromatic heterocycles. The second kappa shape index (κ2) is 5.85. The summed E-state index contributed by atoms with van der Waals surface area (Å²) in [6.45, 7) is 1.28. The molecule has 1 amide bonds. The van der Waals surface area contributed by atoms with Crippen LogP contribution in [0.25, 0.3) is 0 Å². The van der Waals surface area contributed by atoms with Crippen LogP contribution >= 0.6 is 0 Å². The van der Waals surface area contributed by atoms with E-state index in [-0.39, 0.29) is 17.9 Å². The molecular weight excluding hydrogens is 268 g/mol. The minimum absolute atomic E-state index is 0.00834. The van der Waals surface area contributed by atoms with E-state index >= 15 is 0 Å². The molecule has 1 aromatic carbocycles. The highest BCUT2D eigenvalue weighted by Crippen LogP contribution is 2.26. The number of carbonyl (C=O) groups excluding carboxylic acids is 1. The molecule has 2 atom stereocenters. The van der Waals surface area contributed by atoms with Crippen molar-refractivity contribution in [1.82, 2.24) is 4.90 Å². The number of hydrogen-bond donors (Lipinski definition) is 2. The van der Waals surface area contributed by atoms with Crippen molar-refractivity contribution >= 4 is 17.6 Å². The Morgan fingerprint density at radius 1 is 1.29 bits per heavy atom. The number of aliphatic carboxylic acids is 1. The fourth-order valence-electron chi connectivity index (χ4n) is 3.34. The molecule has 0 spiro atoms. The summed E-state index contributed by atoms with van der Waals surface area (Å²) in [7, 11) is 0. The minimum atomic E-state index is -0.753. The van der Waals surface area contributed by atoms with Crippen LogP contribution in [-0.4, -0.2) is 41.0 Å². The summed E-state index contributed by atoms with van der Waals surface area (Å²) in [5, 5.41) is 12.2. The zero-order valence-corrected chi connectivity index (χ0v) is 11.9. The van der Waals surface area contributed by atoms with E-state index in [2.05, 4.69) is 5.32 Å². The topological polar surface area (TPSA) is 69.6 Å². The van der Waals surface area contributed by atoms with Crippen LogP contribution in [0.3, 0.4) is 0 Å². The van der Waals surface area contributed by atoms with Crippen molar-refractivity contribution in [3.05, 3.63) is 29.8 Å². The van der Waals surface area contributed by atoms with E-state index in [1.54, 1.807) is 0 Å². The van der Waals surface area contributed by atoms with E-state index in [1.165, 1.54) is 0 Å². The van der Waals surface area contributed by atoms with Gasteiger partial charge in [0.1, 0.15) is 0 Å². The van der Waals surface area contributed by atoms with Gasteiger partial charge in [0, 0.05) is 12.2 Å². The summed E-state index contributed by atoms with van der Waals surface area (Å²) in [4.78, 5) is 25.7. The summed E-state index contributed by atoms with van der Waals surface area (Å²) in [6.07, 6.45) is 3.14. The minimum Gasteiger partial charge on any atom is -0.481 e. The van der Waals surface area contributed by atoms with Crippen molar-refractivity contribution in [3.8, 4) is 0 Å². The number of nitrogens with one attached hydrogen (secondary N) is 1. The lowest BCUT2D eigenvalue weighted by Gasteiger charge is -2.35. The summed E-state index contributed by atoms with van der Waals surface area (Å²) in [5.41, 5.74) is 2.04. The van der Waals surface area contributed by atoms with Crippen LogP contribution in [0, 0.1) is 5.92 Å². The highest BCUT2D eigenvalue weighted by atomic mass is 16.4. The number of aryl methyl sites for hydroxylation is 1. The van der Waals surface area contributed by atoms with Crippen molar-refractivity contribution in [2.24, 2.45) is 5.92 Å². The molecule has 1 aromatic rings. The second-order valence-corrected chi connectivity index (χ2v) is 5.87. The van der Waals surface area contributed by atoms with Crippen molar-refractivity contribution in [2.45, 2.75) is 31.7 Å². The Morgan fingerprint density at radius 2 is 2.10 bits per heavy atom. The largest absolute Gasteiger partial charge is 0.481 e. The molecule has 1 fully saturated rings. The van der Waals surface area contributed by atoms with Crippen LogP contribution in [0.5, 0.6) is 0 Å². The fourth-order valence-corrected chi connectivity index (χ4v) is 3.34. The number of anilines is 1. The molecule has 0 bridgehead atoms. The normalized spacial score (nSPS) is 26.6. The summed E-state index contributed by atoms with van der Waals surface area (Å²) in [5.74, 6) is -1.11. The zero-order valence-electron chi connectivity index (χ0n) is 11.9. The molecule has 0 radical (unpaired) electrons.